The van der Waals surface area contributed by atoms with Crippen LogP contribution in [-0.4, -0.2) is 50.0 Å². The predicted molar refractivity (Wildman–Crippen MR) is 122 cm³/mol. The van der Waals surface area contributed by atoms with Crippen molar-refractivity contribution in [3.63, 3.8) is 0 Å². The molecule has 1 aliphatic heterocycles. The van der Waals surface area contributed by atoms with Crippen molar-refractivity contribution < 1.29 is 9.47 Å². The number of imidazole rings is 1. The second kappa shape index (κ2) is 8.03. The Morgan fingerprint density at radius 2 is 2.03 bits per heavy atom. The van der Waals surface area contributed by atoms with Crippen LogP contribution in [0.5, 0.6) is 0 Å². The lowest BCUT2D eigenvalue weighted by Crippen LogP contribution is -2.36. The molecule has 0 amide bonds. The molecule has 1 atom stereocenters. The molecule has 0 saturated carbocycles. The molecule has 6 rings (SSSR count). The fourth-order valence-corrected chi connectivity index (χ4v) is 4.69. The van der Waals surface area contributed by atoms with E-state index in [1.54, 1.807) is 9.13 Å². The molecule has 1 saturated heterocycles. The Balaban J connectivity index is 1.50. The number of nitrogens with zero attached hydrogens (tertiary/aromatic N) is 4. The van der Waals surface area contributed by atoms with Crippen LogP contribution in [0.4, 0.5) is 0 Å². The van der Waals surface area contributed by atoms with E-state index in [1.165, 1.54) is 0 Å². The highest BCUT2D eigenvalue weighted by atomic mass is 16.6. The maximum Gasteiger partial charge on any atom is 0.334 e. The second-order valence-corrected chi connectivity index (χ2v) is 8.44. The number of allylic oxidation sites excluding steroid dienone is 2. The molecule has 2 aliphatic rings. The maximum absolute atomic E-state index is 13.6. The average molecular weight is 431 g/mol. The van der Waals surface area contributed by atoms with Crippen LogP contribution in [0.1, 0.15) is 25.7 Å². The topological polar surface area (TPSA) is 87.0 Å². The Bertz CT molecular complexity index is 1370. The molecule has 0 aromatic carbocycles. The number of pyridine rings is 2. The third-order valence-corrected chi connectivity index (χ3v) is 6.33. The molecule has 0 bridgehead atoms. The van der Waals surface area contributed by atoms with Gasteiger partial charge >= 0.3 is 5.69 Å². The Morgan fingerprint density at radius 1 is 1.12 bits per heavy atom. The van der Waals surface area contributed by atoms with E-state index in [1.807, 2.05) is 30.7 Å². The SMILES string of the molecule is O=c1n(CC2COCCO2)c2cc(-c3cnc4[nH]ccc4c3)cnc2n1C1=CCCCC1. The van der Waals surface area contributed by atoms with E-state index < -0.39 is 0 Å². The smallest absolute Gasteiger partial charge is 0.334 e. The summed E-state index contributed by atoms with van der Waals surface area (Å²) in [5.41, 5.74) is 5.23. The number of hydrogen-bond donors (Lipinski definition) is 1. The van der Waals surface area contributed by atoms with Crippen LogP contribution in [0.2, 0.25) is 0 Å². The number of rotatable bonds is 4. The summed E-state index contributed by atoms with van der Waals surface area (Å²) in [5.74, 6) is 0. The molecule has 4 aromatic heterocycles. The third-order valence-electron chi connectivity index (χ3n) is 6.33. The van der Waals surface area contributed by atoms with Gasteiger partial charge in [0.1, 0.15) is 5.65 Å². The zero-order valence-electron chi connectivity index (χ0n) is 17.8. The van der Waals surface area contributed by atoms with Crippen LogP contribution in [-0.2, 0) is 16.0 Å². The summed E-state index contributed by atoms with van der Waals surface area (Å²) in [7, 11) is 0. The minimum Gasteiger partial charge on any atom is -0.376 e. The monoisotopic (exact) mass is 431 g/mol. The van der Waals surface area contributed by atoms with E-state index in [2.05, 4.69) is 22.1 Å². The van der Waals surface area contributed by atoms with Gasteiger partial charge in [-0.05, 0) is 43.9 Å². The van der Waals surface area contributed by atoms with Crippen LogP contribution in [0.15, 0.2) is 47.7 Å². The van der Waals surface area contributed by atoms with Crippen molar-refractivity contribution in [2.24, 2.45) is 0 Å². The zero-order valence-corrected chi connectivity index (χ0v) is 17.8. The predicted octanol–water partition coefficient (Wildman–Crippen LogP) is 3.57. The van der Waals surface area contributed by atoms with Gasteiger partial charge in [-0.1, -0.05) is 6.08 Å². The van der Waals surface area contributed by atoms with Crippen molar-refractivity contribution in [2.75, 3.05) is 19.8 Å². The summed E-state index contributed by atoms with van der Waals surface area (Å²) in [5, 5.41) is 1.04. The lowest BCUT2D eigenvalue weighted by molar-refractivity contribution is -0.0935. The van der Waals surface area contributed by atoms with Gasteiger partial charge in [0.05, 0.1) is 38.0 Å². The molecule has 1 aliphatic carbocycles. The standard InChI is InChI=1S/C24H25N5O3/c30-24-28(14-20-15-31-8-9-32-20)21-11-18(17-10-16-6-7-25-22(16)26-12-17)13-27-23(21)29(24)19-4-2-1-3-5-19/h4,6-7,10-13,20H,1-3,5,8-9,14-15H2,(H,25,26). The molecular weight excluding hydrogens is 406 g/mol. The molecule has 164 valence electrons. The molecule has 1 N–H and O–H groups in total. The summed E-state index contributed by atoms with van der Waals surface area (Å²) in [4.78, 5) is 26.0. The first-order valence-corrected chi connectivity index (χ1v) is 11.2. The molecule has 8 nitrogen and oxygen atoms in total. The van der Waals surface area contributed by atoms with Gasteiger partial charge < -0.3 is 14.5 Å². The molecule has 1 unspecified atom stereocenters. The zero-order chi connectivity index (χ0) is 21.5. The van der Waals surface area contributed by atoms with Crippen LogP contribution in [0.3, 0.4) is 0 Å². The Hall–Kier alpha value is -3.23. The fraction of sp³-hybridized carbons (Fsp3) is 0.375. The van der Waals surface area contributed by atoms with Gasteiger partial charge in [-0.25, -0.2) is 19.3 Å². The number of H-pyrrole nitrogens is 1. The van der Waals surface area contributed by atoms with E-state index in [4.69, 9.17) is 14.5 Å². The number of aromatic amines is 1. The van der Waals surface area contributed by atoms with Gasteiger partial charge in [0.25, 0.3) is 0 Å². The highest BCUT2D eigenvalue weighted by Gasteiger charge is 2.23. The van der Waals surface area contributed by atoms with Crippen molar-refractivity contribution in [1.29, 1.82) is 0 Å². The molecule has 5 heterocycles. The Labute approximate surface area is 184 Å². The second-order valence-electron chi connectivity index (χ2n) is 8.44. The molecule has 0 radical (unpaired) electrons. The summed E-state index contributed by atoms with van der Waals surface area (Å²) in [6.45, 7) is 2.08. The van der Waals surface area contributed by atoms with Crippen molar-refractivity contribution in [1.82, 2.24) is 24.1 Å². The summed E-state index contributed by atoms with van der Waals surface area (Å²) in [6.07, 6.45) is 11.7. The van der Waals surface area contributed by atoms with Crippen molar-refractivity contribution in [3.8, 4) is 11.1 Å². The van der Waals surface area contributed by atoms with Crippen LogP contribution < -0.4 is 5.69 Å². The Morgan fingerprint density at radius 3 is 2.88 bits per heavy atom. The molecule has 8 heteroatoms. The molecule has 0 spiro atoms. The average Bonchev–Trinajstić information content (AvgIpc) is 3.42. The van der Waals surface area contributed by atoms with Gasteiger partial charge in [-0.3, -0.25) is 4.57 Å². The van der Waals surface area contributed by atoms with Gasteiger partial charge in [0.2, 0.25) is 0 Å². The summed E-state index contributed by atoms with van der Waals surface area (Å²) < 4.78 is 15.0. The molecule has 32 heavy (non-hydrogen) atoms. The highest BCUT2D eigenvalue weighted by Crippen LogP contribution is 2.28. The van der Waals surface area contributed by atoms with Crippen LogP contribution in [0, 0.1) is 0 Å². The van der Waals surface area contributed by atoms with E-state index >= 15 is 0 Å². The van der Waals surface area contributed by atoms with Gasteiger partial charge in [-0.15, -0.1) is 0 Å². The van der Waals surface area contributed by atoms with Crippen LogP contribution >= 0.6 is 0 Å². The number of fused-ring (bicyclic) bond motifs is 2. The largest absolute Gasteiger partial charge is 0.376 e. The van der Waals surface area contributed by atoms with E-state index in [0.29, 0.717) is 32.0 Å². The third kappa shape index (κ3) is 3.36. The number of hydrogen-bond acceptors (Lipinski definition) is 5. The van der Waals surface area contributed by atoms with Crippen molar-refractivity contribution >= 4 is 27.9 Å². The first-order valence-electron chi connectivity index (χ1n) is 11.2. The summed E-state index contributed by atoms with van der Waals surface area (Å²) in [6, 6.07) is 6.13. The molecule has 1 fully saturated rings. The summed E-state index contributed by atoms with van der Waals surface area (Å²) >= 11 is 0. The quantitative estimate of drug-likeness (QED) is 0.534. The number of ether oxygens (including phenoxy) is 2. The highest BCUT2D eigenvalue weighted by molar-refractivity contribution is 5.85. The first kappa shape index (κ1) is 19.5. The lowest BCUT2D eigenvalue weighted by atomic mass is 10.0. The maximum atomic E-state index is 13.6. The minimum atomic E-state index is -0.151. The Kier molecular flexibility index (Phi) is 4.88. The molecule has 4 aromatic rings. The van der Waals surface area contributed by atoms with E-state index in [0.717, 1.165) is 59.1 Å². The first-order chi connectivity index (χ1) is 15.8. The van der Waals surface area contributed by atoms with Crippen LogP contribution in [0.25, 0.3) is 39.0 Å². The van der Waals surface area contributed by atoms with Crippen molar-refractivity contribution in [2.45, 2.75) is 38.3 Å². The normalized spacial score (nSPS) is 19.5. The van der Waals surface area contributed by atoms with Crippen molar-refractivity contribution in [3.05, 3.63) is 53.3 Å². The number of aromatic nitrogens is 5. The van der Waals surface area contributed by atoms with Gasteiger partial charge in [-0.2, -0.15) is 0 Å². The van der Waals surface area contributed by atoms with Gasteiger partial charge in [0.15, 0.2) is 5.65 Å². The van der Waals surface area contributed by atoms with Gasteiger partial charge in [0, 0.05) is 40.8 Å². The fourth-order valence-electron chi connectivity index (χ4n) is 4.69. The number of nitrogens with one attached hydrogen (secondary N) is 1. The van der Waals surface area contributed by atoms with E-state index in [9.17, 15) is 4.79 Å². The van der Waals surface area contributed by atoms with E-state index in [-0.39, 0.29) is 11.8 Å². The minimum absolute atomic E-state index is 0.0637. The lowest BCUT2D eigenvalue weighted by Gasteiger charge is -2.23. The molecular formula is C24H25N5O3.